The minimum atomic E-state index is -3.55. The number of carbonyl (C=O) groups excluding carboxylic acids is 1. The van der Waals surface area contributed by atoms with Gasteiger partial charge in [0.15, 0.2) is 0 Å². The van der Waals surface area contributed by atoms with E-state index in [0.29, 0.717) is 6.42 Å². The lowest BCUT2D eigenvalue weighted by atomic mass is 9.95. The molecule has 0 bridgehead atoms. The average molecular weight is 389 g/mol. The van der Waals surface area contributed by atoms with Crippen molar-refractivity contribution in [2.45, 2.75) is 50.8 Å². The Kier molecular flexibility index (Phi) is 8.21. The highest BCUT2D eigenvalue weighted by Gasteiger charge is 2.38. The zero-order valence-corrected chi connectivity index (χ0v) is 16.8. The molecule has 3 unspecified atom stereocenters. The quantitative estimate of drug-likeness (QED) is 0.468. The second kappa shape index (κ2) is 10.4. The third-order valence-corrected chi connectivity index (χ3v) is 7.12. The lowest BCUT2D eigenvalue weighted by Crippen LogP contribution is -2.26. The first-order valence-electron chi connectivity index (χ1n) is 9.38. The van der Waals surface area contributed by atoms with Gasteiger partial charge in [-0.15, -0.1) is 0 Å². The maximum Gasteiger partial charge on any atom is 0.305 e. The maximum absolute atomic E-state index is 13.4. The standard InChI is InChI=1S/C21H28NO4P/c1-3-9-20(27(24,25)16-17-10-6-5-7-11-17)19(15-26-21(23)4-2)18-12-8-13-22-14-18/h5-8,10-14,19-20H,3-4,9,15-16H2,1-2H3,(H,24,25). The lowest BCUT2D eigenvalue weighted by Gasteiger charge is -2.31. The Balaban J connectivity index is 2.33. The Bertz CT molecular complexity index is 751. The van der Waals surface area contributed by atoms with Gasteiger partial charge in [-0.05, 0) is 23.6 Å². The number of pyridine rings is 1. The van der Waals surface area contributed by atoms with Crippen molar-refractivity contribution >= 4 is 13.3 Å². The van der Waals surface area contributed by atoms with Crippen LogP contribution < -0.4 is 0 Å². The molecular formula is C21H28NO4P. The molecule has 0 amide bonds. The van der Waals surface area contributed by atoms with Gasteiger partial charge in [-0.1, -0.05) is 56.7 Å². The number of nitrogens with zero attached hydrogens (tertiary/aromatic N) is 1. The lowest BCUT2D eigenvalue weighted by molar-refractivity contribution is -0.143. The maximum atomic E-state index is 13.4. The molecule has 1 heterocycles. The summed E-state index contributed by atoms with van der Waals surface area (Å²) in [6.07, 6.45) is 5.08. The van der Waals surface area contributed by atoms with Crippen molar-refractivity contribution in [1.82, 2.24) is 4.98 Å². The molecule has 0 aliphatic heterocycles. The van der Waals surface area contributed by atoms with Crippen LogP contribution in [0.1, 0.15) is 50.2 Å². The molecule has 0 saturated carbocycles. The van der Waals surface area contributed by atoms with E-state index in [1.165, 1.54) is 0 Å². The van der Waals surface area contributed by atoms with Gasteiger partial charge in [-0.2, -0.15) is 0 Å². The summed E-state index contributed by atoms with van der Waals surface area (Å²) in [4.78, 5) is 26.9. The Labute approximate surface area is 161 Å². The fourth-order valence-corrected chi connectivity index (χ4v) is 5.70. The molecule has 3 atom stereocenters. The summed E-state index contributed by atoms with van der Waals surface area (Å²) >= 11 is 0. The second-order valence-electron chi connectivity index (χ2n) is 6.68. The molecule has 1 aromatic carbocycles. The molecule has 0 radical (unpaired) electrons. The summed E-state index contributed by atoms with van der Waals surface area (Å²) in [6.45, 7) is 3.81. The first kappa shape index (κ1) is 21.3. The fraction of sp³-hybridized carbons (Fsp3) is 0.429. The van der Waals surface area contributed by atoms with Crippen LogP contribution in [-0.4, -0.2) is 28.1 Å². The van der Waals surface area contributed by atoms with Crippen molar-refractivity contribution in [1.29, 1.82) is 0 Å². The highest BCUT2D eigenvalue weighted by atomic mass is 31.2. The molecule has 2 rings (SSSR count). The summed E-state index contributed by atoms with van der Waals surface area (Å²) < 4.78 is 18.8. The normalized spacial score (nSPS) is 15.5. The van der Waals surface area contributed by atoms with Crippen molar-refractivity contribution in [2.75, 3.05) is 6.61 Å². The van der Waals surface area contributed by atoms with E-state index in [1.807, 2.05) is 43.3 Å². The van der Waals surface area contributed by atoms with Crippen LogP contribution in [0.2, 0.25) is 0 Å². The van der Waals surface area contributed by atoms with Gasteiger partial charge >= 0.3 is 5.97 Å². The highest BCUT2D eigenvalue weighted by molar-refractivity contribution is 7.58. The van der Waals surface area contributed by atoms with Crippen molar-refractivity contribution < 1.29 is 19.0 Å². The molecular weight excluding hydrogens is 361 g/mol. The molecule has 0 saturated heterocycles. The zero-order valence-electron chi connectivity index (χ0n) is 16.0. The SMILES string of the molecule is CCCC(C(COC(=O)CC)c1cccnc1)P(=O)(O)Cc1ccccc1. The molecule has 1 aromatic heterocycles. The van der Waals surface area contributed by atoms with Gasteiger partial charge in [0.05, 0.1) is 6.61 Å². The van der Waals surface area contributed by atoms with E-state index in [1.54, 1.807) is 25.4 Å². The molecule has 0 fully saturated rings. The van der Waals surface area contributed by atoms with Gasteiger partial charge in [0, 0.05) is 36.6 Å². The van der Waals surface area contributed by atoms with Gasteiger partial charge < -0.3 is 9.63 Å². The third-order valence-electron chi connectivity index (χ3n) is 4.64. The summed E-state index contributed by atoms with van der Waals surface area (Å²) in [5.41, 5.74) is 1.15. The monoisotopic (exact) mass is 389 g/mol. The Morgan fingerprint density at radius 3 is 2.52 bits per heavy atom. The van der Waals surface area contributed by atoms with Crippen molar-refractivity contribution in [3.63, 3.8) is 0 Å². The molecule has 5 nitrogen and oxygen atoms in total. The van der Waals surface area contributed by atoms with Crippen LogP contribution >= 0.6 is 7.37 Å². The van der Waals surface area contributed by atoms with Crippen LogP contribution in [0, 0.1) is 0 Å². The van der Waals surface area contributed by atoms with Crippen LogP contribution in [0.4, 0.5) is 0 Å². The fourth-order valence-electron chi connectivity index (χ4n) is 3.25. The van der Waals surface area contributed by atoms with Gasteiger partial charge in [0.1, 0.15) is 0 Å². The van der Waals surface area contributed by atoms with Crippen molar-refractivity contribution in [3.05, 3.63) is 66.0 Å². The van der Waals surface area contributed by atoms with E-state index >= 15 is 0 Å². The molecule has 1 N–H and O–H groups in total. The highest BCUT2D eigenvalue weighted by Crippen LogP contribution is 2.56. The van der Waals surface area contributed by atoms with E-state index in [0.717, 1.165) is 17.5 Å². The Morgan fingerprint density at radius 2 is 1.93 bits per heavy atom. The molecule has 0 aliphatic rings. The van der Waals surface area contributed by atoms with Gasteiger partial charge in [-0.3, -0.25) is 14.3 Å². The molecule has 2 aromatic rings. The van der Waals surface area contributed by atoms with Crippen LogP contribution in [-0.2, 0) is 20.3 Å². The number of esters is 1. The number of hydrogen-bond acceptors (Lipinski definition) is 4. The Morgan fingerprint density at radius 1 is 1.19 bits per heavy atom. The number of carbonyl (C=O) groups is 1. The van der Waals surface area contributed by atoms with Crippen LogP contribution in [0.5, 0.6) is 0 Å². The van der Waals surface area contributed by atoms with Crippen molar-refractivity contribution in [2.24, 2.45) is 0 Å². The van der Waals surface area contributed by atoms with Crippen molar-refractivity contribution in [3.8, 4) is 0 Å². The molecule has 0 aliphatic carbocycles. The minimum absolute atomic E-state index is 0.0857. The van der Waals surface area contributed by atoms with Gasteiger partial charge in [-0.25, -0.2) is 0 Å². The van der Waals surface area contributed by atoms with E-state index in [4.69, 9.17) is 4.74 Å². The van der Waals surface area contributed by atoms with Crippen LogP contribution in [0.25, 0.3) is 0 Å². The van der Waals surface area contributed by atoms with Gasteiger partial charge in [0.2, 0.25) is 7.37 Å². The smallest absolute Gasteiger partial charge is 0.305 e. The summed E-state index contributed by atoms with van der Waals surface area (Å²) in [6, 6.07) is 13.0. The van der Waals surface area contributed by atoms with E-state index in [2.05, 4.69) is 4.98 Å². The largest absolute Gasteiger partial charge is 0.465 e. The summed E-state index contributed by atoms with van der Waals surface area (Å²) in [5, 5.41) is 0. The van der Waals surface area contributed by atoms with E-state index in [-0.39, 0.29) is 31.1 Å². The van der Waals surface area contributed by atoms with E-state index < -0.39 is 13.0 Å². The predicted octanol–water partition coefficient (Wildman–Crippen LogP) is 4.76. The number of ether oxygens (including phenoxy) is 1. The first-order valence-corrected chi connectivity index (χ1v) is 11.3. The predicted molar refractivity (Wildman–Crippen MR) is 107 cm³/mol. The molecule has 27 heavy (non-hydrogen) atoms. The zero-order chi connectivity index (χ0) is 19.7. The molecule has 6 heteroatoms. The van der Waals surface area contributed by atoms with Crippen LogP contribution in [0.15, 0.2) is 54.9 Å². The first-order chi connectivity index (χ1) is 13.0. The van der Waals surface area contributed by atoms with Gasteiger partial charge in [0.25, 0.3) is 0 Å². The number of rotatable bonds is 10. The number of aromatic nitrogens is 1. The number of hydrogen-bond donors (Lipinski definition) is 1. The Hall–Kier alpha value is -1.97. The average Bonchev–Trinajstić information content (AvgIpc) is 2.68. The van der Waals surface area contributed by atoms with Crippen LogP contribution in [0.3, 0.4) is 0 Å². The molecule has 0 spiro atoms. The number of benzene rings is 1. The molecule has 146 valence electrons. The second-order valence-corrected chi connectivity index (χ2v) is 9.18. The summed E-state index contributed by atoms with van der Waals surface area (Å²) in [7, 11) is -3.55. The van der Waals surface area contributed by atoms with E-state index in [9.17, 15) is 14.3 Å². The minimum Gasteiger partial charge on any atom is -0.465 e. The third kappa shape index (κ3) is 6.30. The topological polar surface area (TPSA) is 76.5 Å². The summed E-state index contributed by atoms with van der Waals surface area (Å²) in [5.74, 6) is -0.677.